The molecule has 2 atom stereocenters. The third-order valence-electron chi connectivity index (χ3n) is 3.12. The molecule has 0 heterocycles. The van der Waals surface area contributed by atoms with Gasteiger partial charge in [0.25, 0.3) is 0 Å². The first kappa shape index (κ1) is 13.0. The van der Waals surface area contributed by atoms with Crippen molar-refractivity contribution in [3.05, 3.63) is 29.8 Å². The largest absolute Gasteiger partial charge is 0.496 e. The summed E-state index contributed by atoms with van der Waals surface area (Å²) in [4.78, 5) is 0. The van der Waals surface area contributed by atoms with Crippen LogP contribution >= 0.6 is 0 Å². The van der Waals surface area contributed by atoms with Gasteiger partial charge in [-0.25, -0.2) is 0 Å². The van der Waals surface area contributed by atoms with E-state index in [4.69, 9.17) is 4.74 Å². The molecule has 0 aliphatic heterocycles. The second-order valence-electron chi connectivity index (χ2n) is 4.66. The first-order valence-electron chi connectivity index (χ1n) is 5.95. The highest BCUT2D eigenvalue weighted by atomic mass is 16.5. The maximum Gasteiger partial charge on any atom is 0.123 e. The number of nitrogens with one attached hydrogen (secondary N) is 1. The fourth-order valence-electron chi connectivity index (χ4n) is 1.70. The van der Waals surface area contributed by atoms with Gasteiger partial charge in [0, 0.05) is 17.6 Å². The van der Waals surface area contributed by atoms with E-state index in [2.05, 4.69) is 45.1 Å². The lowest BCUT2D eigenvalue weighted by molar-refractivity contribution is 0.369. The molecule has 1 aromatic rings. The summed E-state index contributed by atoms with van der Waals surface area (Å²) in [6.45, 7) is 8.85. The van der Waals surface area contributed by atoms with E-state index in [0.29, 0.717) is 18.0 Å². The van der Waals surface area contributed by atoms with Gasteiger partial charge in [0.05, 0.1) is 7.11 Å². The molecule has 0 saturated heterocycles. The molecule has 1 aromatic carbocycles. The van der Waals surface area contributed by atoms with Gasteiger partial charge >= 0.3 is 0 Å². The maximum absolute atomic E-state index is 5.37. The highest BCUT2D eigenvalue weighted by molar-refractivity contribution is 5.35. The summed E-state index contributed by atoms with van der Waals surface area (Å²) in [6.07, 6.45) is 0. The fourth-order valence-corrected chi connectivity index (χ4v) is 1.70. The van der Waals surface area contributed by atoms with E-state index in [-0.39, 0.29) is 0 Å². The number of methoxy groups -OCH3 is 1. The Morgan fingerprint density at radius 2 is 1.69 bits per heavy atom. The Morgan fingerprint density at radius 3 is 2.25 bits per heavy atom. The lowest BCUT2D eigenvalue weighted by Gasteiger charge is -2.24. The van der Waals surface area contributed by atoms with Crippen molar-refractivity contribution >= 4 is 0 Å². The Hall–Kier alpha value is -1.02. The van der Waals surface area contributed by atoms with Crippen LogP contribution in [0.5, 0.6) is 5.75 Å². The minimum atomic E-state index is 0.313. The third kappa shape index (κ3) is 3.24. The minimum absolute atomic E-state index is 0.313. The van der Waals surface area contributed by atoms with Crippen LogP contribution in [0.2, 0.25) is 0 Å². The predicted octanol–water partition coefficient (Wildman–Crippen LogP) is 3.39. The van der Waals surface area contributed by atoms with Crippen LogP contribution in [0.15, 0.2) is 24.3 Å². The van der Waals surface area contributed by atoms with E-state index in [1.54, 1.807) is 7.11 Å². The van der Waals surface area contributed by atoms with Crippen LogP contribution in [0.3, 0.4) is 0 Å². The standard InChI is InChI=1S/C14H23NO/c1-10(2)11(3)15-12(4)13-8-6-7-9-14(13)16-5/h6-12,15H,1-5H3. The van der Waals surface area contributed by atoms with E-state index >= 15 is 0 Å². The van der Waals surface area contributed by atoms with Gasteiger partial charge in [0.2, 0.25) is 0 Å². The molecule has 2 heteroatoms. The predicted molar refractivity (Wildman–Crippen MR) is 68.8 cm³/mol. The summed E-state index contributed by atoms with van der Waals surface area (Å²) in [5.41, 5.74) is 1.22. The van der Waals surface area contributed by atoms with Crippen LogP contribution < -0.4 is 10.1 Å². The smallest absolute Gasteiger partial charge is 0.123 e. The van der Waals surface area contributed by atoms with Crippen molar-refractivity contribution in [3.8, 4) is 5.75 Å². The van der Waals surface area contributed by atoms with E-state index in [9.17, 15) is 0 Å². The average Bonchev–Trinajstić information content (AvgIpc) is 2.28. The van der Waals surface area contributed by atoms with Gasteiger partial charge in [0.1, 0.15) is 5.75 Å². The lowest BCUT2D eigenvalue weighted by Crippen LogP contribution is -2.33. The summed E-state index contributed by atoms with van der Waals surface area (Å²) in [5, 5.41) is 3.59. The van der Waals surface area contributed by atoms with Gasteiger partial charge in [-0.1, -0.05) is 32.0 Å². The third-order valence-corrected chi connectivity index (χ3v) is 3.12. The Bertz CT molecular complexity index is 322. The second kappa shape index (κ2) is 5.90. The van der Waals surface area contributed by atoms with E-state index < -0.39 is 0 Å². The SMILES string of the molecule is COc1ccccc1C(C)NC(C)C(C)C. The van der Waals surface area contributed by atoms with Gasteiger partial charge < -0.3 is 10.1 Å². The number of rotatable bonds is 5. The van der Waals surface area contributed by atoms with Crippen molar-refractivity contribution in [1.82, 2.24) is 5.32 Å². The molecular formula is C14H23NO. The van der Waals surface area contributed by atoms with Gasteiger partial charge in [-0.2, -0.15) is 0 Å². The monoisotopic (exact) mass is 221 g/mol. The summed E-state index contributed by atoms with van der Waals surface area (Å²) in [6, 6.07) is 8.99. The number of hydrogen-bond acceptors (Lipinski definition) is 2. The van der Waals surface area contributed by atoms with Gasteiger partial charge in [-0.05, 0) is 25.8 Å². The highest BCUT2D eigenvalue weighted by Crippen LogP contribution is 2.25. The van der Waals surface area contributed by atoms with Crippen LogP contribution in [0.25, 0.3) is 0 Å². The molecular weight excluding hydrogens is 198 g/mol. The normalized spacial score (nSPS) is 14.9. The topological polar surface area (TPSA) is 21.3 Å². The van der Waals surface area contributed by atoms with Crippen molar-refractivity contribution in [2.24, 2.45) is 5.92 Å². The van der Waals surface area contributed by atoms with Gasteiger partial charge in [-0.3, -0.25) is 0 Å². The van der Waals surface area contributed by atoms with Crippen LogP contribution in [-0.2, 0) is 0 Å². The van der Waals surface area contributed by atoms with Crippen LogP contribution in [0.4, 0.5) is 0 Å². The molecule has 0 aromatic heterocycles. The Balaban J connectivity index is 2.76. The maximum atomic E-state index is 5.37. The molecule has 2 nitrogen and oxygen atoms in total. The summed E-state index contributed by atoms with van der Waals surface area (Å²) in [7, 11) is 1.72. The number of hydrogen-bond donors (Lipinski definition) is 1. The van der Waals surface area contributed by atoms with Gasteiger partial charge in [-0.15, -0.1) is 0 Å². The molecule has 0 amide bonds. The molecule has 2 unspecified atom stereocenters. The number of para-hydroxylation sites is 1. The average molecular weight is 221 g/mol. The Kier molecular flexibility index (Phi) is 4.81. The molecule has 0 spiro atoms. The second-order valence-corrected chi connectivity index (χ2v) is 4.66. The van der Waals surface area contributed by atoms with Crippen molar-refractivity contribution in [1.29, 1.82) is 0 Å². The molecule has 0 saturated carbocycles. The molecule has 1 rings (SSSR count). The molecule has 0 aliphatic carbocycles. The molecule has 0 aliphatic rings. The first-order valence-corrected chi connectivity index (χ1v) is 5.95. The van der Waals surface area contributed by atoms with Crippen molar-refractivity contribution in [2.45, 2.75) is 39.8 Å². The zero-order chi connectivity index (χ0) is 12.1. The summed E-state index contributed by atoms with van der Waals surface area (Å²) in [5.74, 6) is 1.59. The van der Waals surface area contributed by atoms with Crippen LogP contribution in [0, 0.1) is 5.92 Å². The van der Waals surface area contributed by atoms with E-state index in [1.165, 1.54) is 5.56 Å². The lowest BCUT2D eigenvalue weighted by atomic mass is 10.0. The van der Waals surface area contributed by atoms with E-state index in [0.717, 1.165) is 5.75 Å². The van der Waals surface area contributed by atoms with Crippen LogP contribution in [-0.4, -0.2) is 13.2 Å². The minimum Gasteiger partial charge on any atom is -0.496 e. The Morgan fingerprint density at radius 1 is 1.06 bits per heavy atom. The highest BCUT2D eigenvalue weighted by Gasteiger charge is 2.14. The number of ether oxygens (including phenoxy) is 1. The van der Waals surface area contributed by atoms with Gasteiger partial charge in [0.15, 0.2) is 0 Å². The Labute approximate surface area is 99.0 Å². The van der Waals surface area contributed by atoms with Crippen molar-refractivity contribution < 1.29 is 4.74 Å². The number of benzene rings is 1. The fraction of sp³-hybridized carbons (Fsp3) is 0.571. The molecule has 0 fully saturated rings. The van der Waals surface area contributed by atoms with Crippen LogP contribution in [0.1, 0.15) is 39.3 Å². The zero-order valence-electron chi connectivity index (χ0n) is 10.9. The first-order chi connectivity index (χ1) is 7.56. The zero-order valence-corrected chi connectivity index (χ0v) is 10.9. The molecule has 90 valence electrons. The van der Waals surface area contributed by atoms with Crippen molar-refractivity contribution in [2.75, 3.05) is 7.11 Å². The molecule has 16 heavy (non-hydrogen) atoms. The summed E-state index contributed by atoms with van der Waals surface area (Å²) < 4.78 is 5.37. The molecule has 0 bridgehead atoms. The van der Waals surface area contributed by atoms with E-state index in [1.807, 2.05) is 12.1 Å². The quantitative estimate of drug-likeness (QED) is 0.823. The molecule has 0 radical (unpaired) electrons. The summed E-state index contributed by atoms with van der Waals surface area (Å²) >= 11 is 0. The molecule has 1 N–H and O–H groups in total. The van der Waals surface area contributed by atoms with Crippen molar-refractivity contribution in [3.63, 3.8) is 0 Å².